The van der Waals surface area contributed by atoms with E-state index in [1.54, 1.807) is 0 Å². The van der Waals surface area contributed by atoms with Crippen LogP contribution in [0, 0.1) is 0 Å². The second kappa shape index (κ2) is 5.85. The van der Waals surface area contributed by atoms with E-state index in [1.165, 1.54) is 0 Å². The molecule has 0 fully saturated rings. The average molecular weight is 263 g/mol. The Kier molecular flexibility index (Phi) is 4.71. The van der Waals surface area contributed by atoms with Crippen LogP contribution in [0.4, 0.5) is 24.9 Å². The molecule has 0 aliphatic rings. The summed E-state index contributed by atoms with van der Waals surface area (Å²) in [6, 6.07) is 0.850. The zero-order chi connectivity index (χ0) is 13.8. The zero-order valence-corrected chi connectivity index (χ0v) is 10.3. The number of nitrogen functional groups attached to an aromatic ring is 1. The molecule has 0 atom stereocenters. The molecule has 3 N–H and O–H groups in total. The second-order valence-corrected chi connectivity index (χ2v) is 3.82. The quantitative estimate of drug-likeness (QED) is 0.841. The normalized spacial score (nSPS) is 11.9. The van der Waals surface area contributed by atoms with Gasteiger partial charge in [0, 0.05) is 19.2 Å². The highest BCUT2D eigenvalue weighted by Crippen LogP contribution is 2.29. The van der Waals surface area contributed by atoms with E-state index in [0.29, 0.717) is 13.1 Å². The van der Waals surface area contributed by atoms with E-state index in [4.69, 9.17) is 5.73 Å². The first-order chi connectivity index (χ1) is 8.32. The van der Waals surface area contributed by atoms with Crippen molar-refractivity contribution < 1.29 is 13.2 Å². The topological polar surface area (TPSA) is 67.1 Å². The van der Waals surface area contributed by atoms with E-state index in [0.717, 1.165) is 12.6 Å². The first-order valence-corrected chi connectivity index (χ1v) is 5.47. The van der Waals surface area contributed by atoms with Crippen molar-refractivity contribution in [3.8, 4) is 0 Å². The Labute approximate surface area is 103 Å². The van der Waals surface area contributed by atoms with E-state index in [2.05, 4.69) is 15.3 Å². The Morgan fingerprint density at radius 1 is 1.39 bits per heavy atom. The predicted octanol–water partition coefficient (Wildman–Crippen LogP) is 1.44. The van der Waals surface area contributed by atoms with Gasteiger partial charge >= 0.3 is 6.18 Å². The van der Waals surface area contributed by atoms with E-state index in [-0.39, 0.29) is 5.82 Å². The molecule has 0 radical (unpaired) electrons. The van der Waals surface area contributed by atoms with Crippen LogP contribution in [0.3, 0.4) is 0 Å². The molecular weight excluding hydrogens is 247 g/mol. The monoisotopic (exact) mass is 263 g/mol. The molecule has 0 saturated carbocycles. The maximum Gasteiger partial charge on any atom is 0.433 e. The molecule has 0 aliphatic carbocycles. The van der Waals surface area contributed by atoms with Gasteiger partial charge in [-0.05, 0) is 13.6 Å². The van der Waals surface area contributed by atoms with Gasteiger partial charge in [0.1, 0.15) is 5.82 Å². The fourth-order valence-electron chi connectivity index (χ4n) is 1.23. The molecule has 102 valence electrons. The number of nitrogens with zero attached hydrogens (tertiary/aromatic N) is 3. The van der Waals surface area contributed by atoms with Crippen molar-refractivity contribution in [1.82, 2.24) is 14.9 Å². The third kappa shape index (κ3) is 4.36. The van der Waals surface area contributed by atoms with Gasteiger partial charge in [-0.15, -0.1) is 0 Å². The lowest BCUT2D eigenvalue weighted by Gasteiger charge is -2.15. The molecule has 0 aliphatic heterocycles. The lowest BCUT2D eigenvalue weighted by atomic mass is 10.3. The molecule has 1 aromatic heterocycles. The SMILES string of the molecule is CCN(C)CCNc1cc(C(F)(F)F)nc(N)n1. The van der Waals surface area contributed by atoms with E-state index in [1.807, 2.05) is 18.9 Å². The zero-order valence-electron chi connectivity index (χ0n) is 10.3. The Balaban J connectivity index is 2.69. The summed E-state index contributed by atoms with van der Waals surface area (Å²) in [5.74, 6) is -0.310. The molecule has 0 bridgehead atoms. The van der Waals surface area contributed by atoms with Crippen molar-refractivity contribution in [2.24, 2.45) is 0 Å². The smallest absolute Gasteiger partial charge is 0.369 e. The number of nitrogens with one attached hydrogen (secondary N) is 1. The molecule has 0 saturated heterocycles. The lowest BCUT2D eigenvalue weighted by Crippen LogP contribution is -2.25. The van der Waals surface area contributed by atoms with E-state index >= 15 is 0 Å². The van der Waals surface area contributed by atoms with Gasteiger partial charge in [-0.3, -0.25) is 0 Å². The molecule has 1 rings (SSSR count). The van der Waals surface area contributed by atoms with Gasteiger partial charge in [-0.2, -0.15) is 18.2 Å². The van der Waals surface area contributed by atoms with Gasteiger partial charge in [-0.25, -0.2) is 4.98 Å². The largest absolute Gasteiger partial charge is 0.433 e. The molecule has 0 amide bonds. The minimum atomic E-state index is -4.52. The van der Waals surface area contributed by atoms with Crippen molar-refractivity contribution in [2.75, 3.05) is 37.7 Å². The summed E-state index contributed by atoms with van der Waals surface area (Å²) in [5, 5.41) is 2.79. The third-order valence-electron chi connectivity index (χ3n) is 2.37. The number of hydrogen-bond donors (Lipinski definition) is 2. The fraction of sp³-hybridized carbons (Fsp3) is 0.600. The molecule has 18 heavy (non-hydrogen) atoms. The van der Waals surface area contributed by atoms with Gasteiger partial charge in [0.15, 0.2) is 5.69 Å². The number of likely N-dealkylation sites (N-methyl/N-ethyl adjacent to an activating group) is 1. The van der Waals surface area contributed by atoms with Gasteiger partial charge in [-0.1, -0.05) is 6.92 Å². The molecule has 8 heteroatoms. The Morgan fingerprint density at radius 2 is 2.06 bits per heavy atom. The van der Waals surface area contributed by atoms with Crippen LogP contribution in [-0.4, -0.2) is 41.5 Å². The van der Waals surface area contributed by atoms with Crippen molar-refractivity contribution in [2.45, 2.75) is 13.1 Å². The number of halogens is 3. The summed E-state index contributed by atoms with van der Waals surface area (Å²) >= 11 is 0. The number of rotatable bonds is 5. The summed E-state index contributed by atoms with van der Waals surface area (Å²) in [7, 11) is 1.91. The maximum atomic E-state index is 12.5. The average Bonchev–Trinajstić information content (AvgIpc) is 2.27. The standard InChI is InChI=1S/C10H16F3N5/c1-3-18(2)5-4-15-8-6-7(10(11,12)13)16-9(14)17-8/h6H,3-5H2,1-2H3,(H3,14,15,16,17). The maximum absolute atomic E-state index is 12.5. The van der Waals surface area contributed by atoms with Gasteiger partial charge < -0.3 is 16.0 Å². The summed E-state index contributed by atoms with van der Waals surface area (Å²) in [5.41, 5.74) is 4.20. The number of nitrogens with two attached hydrogens (primary N) is 1. The number of anilines is 2. The van der Waals surface area contributed by atoms with Crippen LogP contribution >= 0.6 is 0 Å². The first kappa shape index (κ1) is 14.5. The number of hydrogen-bond acceptors (Lipinski definition) is 5. The highest BCUT2D eigenvalue weighted by Gasteiger charge is 2.33. The molecule has 0 aromatic carbocycles. The van der Waals surface area contributed by atoms with Crippen LogP contribution in [0.5, 0.6) is 0 Å². The number of aromatic nitrogens is 2. The molecule has 0 spiro atoms. The predicted molar refractivity (Wildman–Crippen MR) is 63.1 cm³/mol. The molecule has 5 nitrogen and oxygen atoms in total. The van der Waals surface area contributed by atoms with Gasteiger partial charge in [0.25, 0.3) is 0 Å². The van der Waals surface area contributed by atoms with E-state index in [9.17, 15) is 13.2 Å². The third-order valence-corrected chi connectivity index (χ3v) is 2.37. The highest BCUT2D eigenvalue weighted by atomic mass is 19.4. The van der Waals surface area contributed by atoms with Crippen LogP contribution in [0.25, 0.3) is 0 Å². The Hall–Kier alpha value is -1.57. The van der Waals surface area contributed by atoms with Crippen LogP contribution in [-0.2, 0) is 6.18 Å². The summed E-state index contributed by atoms with van der Waals surface area (Å²) in [6.45, 7) is 4.03. The summed E-state index contributed by atoms with van der Waals surface area (Å²) in [4.78, 5) is 8.88. The van der Waals surface area contributed by atoms with Gasteiger partial charge in [0.2, 0.25) is 5.95 Å². The van der Waals surface area contributed by atoms with Crippen LogP contribution < -0.4 is 11.1 Å². The Morgan fingerprint density at radius 3 is 2.61 bits per heavy atom. The molecule has 1 aromatic rings. The van der Waals surface area contributed by atoms with Gasteiger partial charge in [0.05, 0.1) is 0 Å². The van der Waals surface area contributed by atoms with Crippen molar-refractivity contribution >= 4 is 11.8 Å². The summed E-state index contributed by atoms with van der Waals surface area (Å²) < 4.78 is 37.4. The lowest BCUT2D eigenvalue weighted by molar-refractivity contribution is -0.141. The van der Waals surface area contributed by atoms with Crippen molar-refractivity contribution in [3.05, 3.63) is 11.8 Å². The first-order valence-electron chi connectivity index (χ1n) is 5.47. The fourth-order valence-corrected chi connectivity index (χ4v) is 1.23. The van der Waals surface area contributed by atoms with Crippen LogP contribution in [0.15, 0.2) is 6.07 Å². The molecule has 1 heterocycles. The Bertz CT molecular complexity index is 394. The molecular formula is C10H16F3N5. The van der Waals surface area contributed by atoms with Crippen LogP contribution in [0.2, 0.25) is 0 Å². The second-order valence-electron chi connectivity index (χ2n) is 3.82. The van der Waals surface area contributed by atoms with Crippen LogP contribution in [0.1, 0.15) is 12.6 Å². The molecule has 0 unspecified atom stereocenters. The van der Waals surface area contributed by atoms with Crippen molar-refractivity contribution in [1.29, 1.82) is 0 Å². The summed E-state index contributed by atoms with van der Waals surface area (Å²) in [6.07, 6.45) is -4.52. The number of alkyl halides is 3. The van der Waals surface area contributed by atoms with E-state index < -0.39 is 17.8 Å². The van der Waals surface area contributed by atoms with Crippen molar-refractivity contribution in [3.63, 3.8) is 0 Å². The minimum Gasteiger partial charge on any atom is -0.369 e. The minimum absolute atomic E-state index is 0.0827. The highest BCUT2D eigenvalue weighted by molar-refractivity contribution is 5.41.